The molecule has 0 unspecified atom stereocenters. The van der Waals surface area contributed by atoms with Crippen LogP contribution in [0.1, 0.15) is 11.1 Å². The van der Waals surface area contributed by atoms with Crippen LogP contribution in [0.4, 0.5) is 0 Å². The van der Waals surface area contributed by atoms with Gasteiger partial charge in [0.1, 0.15) is 5.75 Å². The van der Waals surface area contributed by atoms with Crippen molar-refractivity contribution in [2.75, 3.05) is 0 Å². The minimum absolute atomic E-state index is 0.404. The van der Waals surface area contributed by atoms with Crippen molar-refractivity contribution in [3.63, 3.8) is 0 Å². The Morgan fingerprint density at radius 3 is 2.27 bits per heavy atom. The van der Waals surface area contributed by atoms with Crippen LogP contribution in [0.2, 0.25) is 0 Å². The lowest BCUT2D eigenvalue weighted by Crippen LogP contribution is -2.02. The van der Waals surface area contributed by atoms with Gasteiger partial charge in [-0.1, -0.05) is 5.04 Å². The zero-order valence-corrected chi connectivity index (χ0v) is 12.7. The highest BCUT2D eigenvalue weighted by Gasteiger charge is 2.09. The first-order chi connectivity index (χ1) is 10.5. The fraction of sp³-hybridized carbons (Fsp3) is 0.167. The lowest BCUT2D eigenvalue weighted by molar-refractivity contribution is -0.432. The van der Waals surface area contributed by atoms with Gasteiger partial charge in [-0.05, 0) is 35.4 Å². The van der Waals surface area contributed by atoms with Crippen LogP contribution in [0, 0.1) is 0 Å². The first kappa shape index (κ1) is 16.8. The number of nitrogens with zero attached hydrogens (tertiary/aromatic N) is 2. The smallest absolute Gasteiger partial charge is 0.269 e. The molecule has 2 aromatic rings. The molecular formula is C12H12N2O6S2. The fourth-order valence-corrected chi connectivity index (χ4v) is 2.74. The third-order valence-corrected chi connectivity index (χ3v) is 3.87. The standard InChI is InChI=1S/C12H12N2O6S2/c15-19-20-21-7-9-1-3-13-11(5-9)12-6-10(2-4-14-12)8-22(16,17)18/h1-6,15H,7-8H2,(H,16,17,18). The van der Waals surface area contributed by atoms with E-state index in [1.165, 1.54) is 12.3 Å². The predicted octanol–water partition coefficient (Wildman–Crippen LogP) is 2.10. The van der Waals surface area contributed by atoms with Crippen molar-refractivity contribution >= 4 is 22.2 Å². The summed E-state index contributed by atoms with van der Waals surface area (Å²) in [5.41, 5.74) is 2.27. The van der Waals surface area contributed by atoms with Crippen LogP contribution >= 0.6 is 12.0 Å². The number of rotatable bonds is 7. The quantitative estimate of drug-likeness (QED) is 0.256. The van der Waals surface area contributed by atoms with Crippen LogP contribution in [-0.2, 0) is 31.0 Å². The van der Waals surface area contributed by atoms with E-state index in [9.17, 15) is 8.42 Å². The highest BCUT2D eigenvalue weighted by Crippen LogP contribution is 2.20. The summed E-state index contributed by atoms with van der Waals surface area (Å²) in [6.45, 7) is 0. The van der Waals surface area contributed by atoms with Gasteiger partial charge in [0, 0.05) is 30.2 Å². The van der Waals surface area contributed by atoms with Gasteiger partial charge < -0.3 is 0 Å². The Morgan fingerprint density at radius 1 is 1.09 bits per heavy atom. The molecule has 0 aliphatic rings. The summed E-state index contributed by atoms with van der Waals surface area (Å²) in [6, 6.07) is 6.54. The average Bonchev–Trinajstić information content (AvgIpc) is 2.46. The van der Waals surface area contributed by atoms with Crippen LogP contribution in [0.15, 0.2) is 36.7 Å². The highest BCUT2D eigenvalue weighted by molar-refractivity contribution is 7.93. The summed E-state index contributed by atoms with van der Waals surface area (Å²) >= 11 is 0.888. The van der Waals surface area contributed by atoms with E-state index in [1.54, 1.807) is 24.4 Å². The van der Waals surface area contributed by atoms with Crippen molar-refractivity contribution in [1.82, 2.24) is 9.97 Å². The van der Waals surface area contributed by atoms with Crippen LogP contribution in [0.3, 0.4) is 0 Å². The minimum Gasteiger partial charge on any atom is -0.285 e. The zero-order valence-electron chi connectivity index (χ0n) is 11.1. The molecule has 22 heavy (non-hydrogen) atoms. The van der Waals surface area contributed by atoms with E-state index < -0.39 is 15.9 Å². The van der Waals surface area contributed by atoms with Gasteiger partial charge in [0.15, 0.2) is 0 Å². The second-order valence-electron chi connectivity index (χ2n) is 4.23. The van der Waals surface area contributed by atoms with Gasteiger partial charge in [0.2, 0.25) is 0 Å². The molecule has 0 saturated heterocycles. The molecule has 118 valence electrons. The second kappa shape index (κ2) is 7.63. The molecule has 2 N–H and O–H groups in total. The predicted molar refractivity (Wildman–Crippen MR) is 78.8 cm³/mol. The highest BCUT2D eigenvalue weighted by atomic mass is 32.2. The Bertz CT molecular complexity index is 738. The molecule has 0 atom stereocenters. The SMILES string of the molecule is O=S(=O)(O)Cc1ccnc(-c2cc(CSOOO)ccn2)c1. The molecule has 0 fully saturated rings. The first-order valence-electron chi connectivity index (χ1n) is 5.93. The summed E-state index contributed by atoms with van der Waals surface area (Å²) in [6.07, 6.45) is 3.02. The van der Waals surface area contributed by atoms with Gasteiger partial charge in [0.05, 0.1) is 11.4 Å². The van der Waals surface area contributed by atoms with Gasteiger partial charge >= 0.3 is 0 Å². The van der Waals surface area contributed by atoms with Crippen molar-refractivity contribution in [1.29, 1.82) is 0 Å². The number of hydrogen-bond donors (Lipinski definition) is 2. The normalized spacial score (nSPS) is 11.5. The molecule has 0 amide bonds. The molecule has 2 aromatic heterocycles. The lowest BCUT2D eigenvalue weighted by Gasteiger charge is -2.05. The van der Waals surface area contributed by atoms with E-state index in [4.69, 9.17) is 9.81 Å². The number of pyridine rings is 2. The Labute approximate surface area is 130 Å². The van der Waals surface area contributed by atoms with Crippen molar-refractivity contribution in [3.05, 3.63) is 47.8 Å². The molecule has 10 heteroatoms. The Morgan fingerprint density at radius 2 is 1.68 bits per heavy atom. The van der Waals surface area contributed by atoms with E-state index in [-0.39, 0.29) is 0 Å². The molecule has 0 aliphatic heterocycles. The van der Waals surface area contributed by atoms with Gasteiger partial charge in [-0.3, -0.25) is 14.5 Å². The maximum Gasteiger partial charge on any atom is 0.269 e. The van der Waals surface area contributed by atoms with Crippen molar-refractivity contribution in [3.8, 4) is 11.4 Å². The van der Waals surface area contributed by atoms with E-state index >= 15 is 0 Å². The van der Waals surface area contributed by atoms with Gasteiger partial charge in [0.25, 0.3) is 10.1 Å². The second-order valence-corrected chi connectivity index (χ2v) is 6.34. The summed E-state index contributed by atoms with van der Waals surface area (Å²) in [5.74, 6) is -0.0828. The Kier molecular flexibility index (Phi) is 5.83. The molecule has 0 aliphatic carbocycles. The average molecular weight is 344 g/mol. The van der Waals surface area contributed by atoms with E-state index in [0.717, 1.165) is 17.6 Å². The van der Waals surface area contributed by atoms with E-state index in [2.05, 4.69) is 19.3 Å². The van der Waals surface area contributed by atoms with Gasteiger partial charge in [-0.15, -0.1) is 4.33 Å². The summed E-state index contributed by atoms with van der Waals surface area (Å²) in [4.78, 5) is 8.31. The summed E-state index contributed by atoms with van der Waals surface area (Å²) in [5, 5.41) is 11.6. The molecule has 2 heterocycles. The van der Waals surface area contributed by atoms with Gasteiger partial charge in [-0.2, -0.15) is 8.42 Å². The largest absolute Gasteiger partial charge is 0.285 e. The third-order valence-electron chi connectivity index (χ3n) is 2.56. The van der Waals surface area contributed by atoms with Crippen molar-refractivity contribution in [2.45, 2.75) is 11.5 Å². The van der Waals surface area contributed by atoms with E-state index in [1.807, 2.05) is 0 Å². The van der Waals surface area contributed by atoms with Crippen LogP contribution in [0.25, 0.3) is 11.4 Å². The monoisotopic (exact) mass is 344 g/mol. The molecule has 0 saturated carbocycles. The maximum absolute atomic E-state index is 10.9. The molecular weight excluding hydrogens is 332 g/mol. The van der Waals surface area contributed by atoms with E-state index in [0.29, 0.717) is 22.7 Å². The fourth-order valence-electron chi connectivity index (χ4n) is 1.73. The van der Waals surface area contributed by atoms with Crippen LogP contribution in [-0.4, -0.2) is 28.2 Å². The summed E-state index contributed by atoms with van der Waals surface area (Å²) in [7, 11) is -4.10. The van der Waals surface area contributed by atoms with Crippen LogP contribution < -0.4 is 0 Å². The molecule has 0 bridgehead atoms. The van der Waals surface area contributed by atoms with Gasteiger partial charge in [-0.25, -0.2) is 5.26 Å². The zero-order chi connectivity index (χ0) is 16.0. The van der Waals surface area contributed by atoms with Crippen molar-refractivity contribution < 1.29 is 27.6 Å². The summed E-state index contributed by atoms with van der Waals surface area (Å²) < 4.78 is 35.0. The lowest BCUT2D eigenvalue weighted by atomic mass is 10.1. The molecule has 2 rings (SSSR count). The molecule has 0 radical (unpaired) electrons. The third kappa shape index (κ3) is 5.33. The number of aromatic nitrogens is 2. The molecule has 0 spiro atoms. The molecule has 0 aromatic carbocycles. The Balaban J connectivity index is 2.20. The first-order valence-corrected chi connectivity index (χ1v) is 8.45. The molecule has 8 nitrogen and oxygen atoms in total. The van der Waals surface area contributed by atoms with Crippen LogP contribution in [0.5, 0.6) is 0 Å². The van der Waals surface area contributed by atoms with Crippen molar-refractivity contribution in [2.24, 2.45) is 0 Å². The number of hydrogen-bond acceptors (Lipinski definition) is 8. The Hall–Kier alpha value is -1.56. The topological polar surface area (TPSA) is 119 Å². The maximum atomic E-state index is 10.9. The minimum atomic E-state index is -4.10.